The van der Waals surface area contributed by atoms with Gasteiger partial charge in [0, 0.05) is 11.6 Å². The summed E-state index contributed by atoms with van der Waals surface area (Å²) in [7, 11) is 0. The number of amides is 1. The van der Waals surface area contributed by atoms with E-state index in [1.165, 1.54) is 0 Å². The Bertz CT molecular complexity index is 511. The predicted octanol–water partition coefficient (Wildman–Crippen LogP) is 3.11. The lowest BCUT2D eigenvalue weighted by molar-refractivity contribution is -0.141. The van der Waals surface area contributed by atoms with E-state index in [1.807, 2.05) is 0 Å². The van der Waals surface area contributed by atoms with Gasteiger partial charge >= 0.3 is 12.1 Å². The summed E-state index contributed by atoms with van der Waals surface area (Å²) in [6.07, 6.45) is -0.342. The maximum atomic E-state index is 11.5. The normalized spacial score (nSPS) is 12.6. The number of halogens is 1. The van der Waals surface area contributed by atoms with Crippen molar-refractivity contribution >= 4 is 23.7 Å². The number of hydrogen-bond acceptors (Lipinski definition) is 3. The van der Waals surface area contributed by atoms with Gasteiger partial charge in [0.1, 0.15) is 5.60 Å². The lowest BCUT2D eigenvalue weighted by atomic mass is 9.99. The largest absolute Gasteiger partial charge is 0.481 e. The molecule has 0 aliphatic rings. The van der Waals surface area contributed by atoms with Crippen molar-refractivity contribution in [3.05, 3.63) is 34.9 Å². The summed E-state index contributed by atoms with van der Waals surface area (Å²) in [5.74, 6) is -1.72. The summed E-state index contributed by atoms with van der Waals surface area (Å²) in [4.78, 5) is 22.8. The zero-order valence-electron chi connectivity index (χ0n) is 12.4. The van der Waals surface area contributed by atoms with Crippen molar-refractivity contribution in [2.24, 2.45) is 5.92 Å². The molecule has 0 aliphatic carbocycles. The first kappa shape index (κ1) is 17.3. The van der Waals surface area contributed by atoms with Crippen molar-refractivity contribution in [3.8, 4) is 0 Å². The molecule has 1 aromatic rings. The van der Waals surface area contributed by atoms with Gasteiger partial charge in [-0.3, -0.25) is 4.79 Å². The predicted molar refractivity (Wildman–Crippen MR) is 80.5 cm³/mol. The molecule has 0 radical (unpaired) electrons. The number of ether oxygens (including phenoxy) is 1. The number of aliphatic carboxylic acids is 1. The van der Waals surface area contributed by atoms with Gasteiger partial charge < -0.3 is 15.2 Å². The number of carbonyl (C=O) groups is 2. The molecule has 116 valence electrons. The molecule has 0 fully saturated rings. The molecule has 2 N–H and O–H groups in total. The summed E-state index contributed by atoms with van der Waals surface area (Å²) in [5, 5.41) is 12.3. The number of nitrogens with one attached hydrogen (secondary N) is 1. The minimum Gasteiger partial charge on any atom is -0.481 e. The maximum Gasteiger partial charge on any atom is 0.407 e. The van der Waals surface area contributed by atoms with Gasteiger partial charge in [-0.1, -0.05) is 23.7 Å². The fourth-order valence-electron chi connectivity index (χ4n) is 1.72. The van der Waals surface area contributed by atoms with Gasteiger partial charge in [-0.25, -0.2) is 4.79 Å². The van der Waals surface area contributed by atoms with Crippen molar-refractivity contribution in [3.63, 3.8) is 0 Å². The van der Waals surface area contributed by atoms with Crippen LogP contribution in [0.3, 0.4) is 0 Å². The highest BCUT2D eigenvalue weighted by Gasteiger charge is 2.21. The molecular weight excluding hydrogens is 294 g/mol. The maximum absolute atomic E-state index is 11.5. The molecule has 1 unspecified atom stereocenters. The average molecular weight is 314 g/mol. The van der Waals surface area contributed by atoms with E-state index in [-0.39, 0.29) is 13.0 Å². The smallest absolute Gasteiger partial charge is 0.407 e. The van der Waals surface area contributed by atoms with Crippen molar-refractivity contribution in [1.29, 1.82) is 0 Å². The molecule has 0 saturated carbocycles. The number of rotatable bonds is 5. The number of benzene rings is 1. The highest BCUT2D eigenvalue weighted by molar-refractivity contribution is 6.30. The van der Waals surface area contributed by atoms with Crippen LogP contribution < -0.4 is 5.32 Å². The Morgan fingerprint density at radius 2 is 2.05 bits per heavy atom. The van der Waals surface area contributed by atoms with E-state index >= 15 is 0 Å². The van der Waals surface area contributed by atoms with Gasteiger partial charge in [-0.05, 0) is 44.9 Å². The Hall–Kier alpha value is -1.75. The number of alkyl carbamates (subject to hydrolysis) is 1. The molecule has 6 heteroatoms. The first-order valence-electron chi connectivity index (χ1n) is 6.61. The van der Waals surface area contributed by atoms with E-state index in [9.17, 15) is 14.7 Å². The minimum absolute atomic E-state index is 0.00321. The van der Waals surface area contributed by atoms with Gasteiger partial charge in [-0.2, -0.15) is 0 Å². The molecular formula is C15H20ClNO4. The van der Waals surface area contributed by atoms with E-state index in [4.69, 9.17) is 16.3 Å². The van der Waals surface area contributed by atoms with Gasteiger partial charge in [0.15, 0.2) is 0 Å². The Balaban J connectivity index is 2.59. The van der Waals surface area contributed by atoms with Crippen LogP contribution in [-0.4, -0.2) is 29.3 Å². The number of hydrogen-bond donors (Lipinski definition) is 2. The zero-order valence-corrected chi connectivity index (χ0v) is 13.1. The third kappa shape index (κ3) is 6.99. The van der Waals surface area contributed by atoms with Crippen molar-refractivity contribution in [1.82, 2.24) is 5.32 Å². The molecule has 1 aromatic carbocycles. The fraction of sp³-hybridized carbons (Fsp3) is 0.467. The zero-order chi connectivity index (χ0) is 16.0. The van der Waals surface area contributed by atoms with Crippen LogP contribution in [0.4, 0.5) is 4.79 Å². The van der Waals surface area contributed by atoms with Crippen LogP contribution in [0.1, 0.15) is 26.3 Å². The third-order valence-corrected chi connectivity index (χ3v) is 2.85. The Labute approximate surface area is 129 Å². The van der Waals surface area contributed by atoms with Crippen LogP contribution in [0.5, 0.6) is 0 Å². The van der Waals surface area contributed by atoms with Crippen molar-refractivity contribution < 1.29 is 19.4 Å². The number of carboxylic acids is 1. The van der Waals surface area contributed by atoms with E-state index in [0.717, 1.165) is 5.56 Å². The Morgan fingerprint density at radius 3 is 2.57 bits per heavy atom. The lowest BCUT2D eigenvalue weighted by Crippen LogP contribution is -2.37. The van der Waals surface area contributed by atoms with Crippen molar-refractivity contribution in [2.45, 2.75) is 32.8 Å². The van der Waals surface area contributed by atoms with Crippen LogP contribution in [-0.2, 0) is 16.0 Å². The summed E-state index contributed by atoms with van der Waals surface area (Å²) < 4.78 is 5.07. The second-order valence-corrected chi connectivity index (χ2v) is 6.19. The average Bonchev–Trinajstić information content (AvgIpc) is 2.32. The van der Waals surface area contributed by atoms with Crippen LogP contribution in [0.15, 0.2) is 24.3 Å². The fourth-order valence-corrected chi connectivity index (χ4v) is 1.93. The topological polar surface area (TPSA) is 75.6 Å². The van der Waals surface area contributed by atoms with Crippen LogP contribution in [0, 0.1) is 5.92 Å². The first-order chi connectivity index (χ1) is 9.67. The van der Waals surface area contributed by atoms with Gasteiger partial charge in [0.25, 0.3) is 0 Å². The molecule has 0 spiro atoms. The molecule has 1 atom stereocenters. The minimum atomic E-state index is -0.981. The molecule has 0 aliphatic heterocycles. The molecule has 5 nitrogen and oxygen atoms in total. The molecule has 0 saturated heterocycles. The molecule has 0 heterocycles. The Kier molecular flexibility index (Phi) is 6.03. The summed E-state index contributed by atoms with van der Waals surface area (Å²) >= 11 is 5.87. The van der Waals surface area contributed by atoms with E-state index in [1.54, 1.807) is 45.0 Å². The van der Waals surface area contributed by atoms with Gasteiger partial charge in [0.05, 0.1) is 5.92 Å². The van der Waals surface area contributed by atoms with Crippen molar-refractivity contribution in [2.75, 3.05) is 6.54 Å². The molecule has 1 rings (SSSR count). The van der Waals surface area contributed by atoms with Crippen LogP contribution >= 0.6 is 11.6 Å². The second-order valence-electron chi connectivity index (χ2n) is 5.75. The molecule has 1 amide bonds. The summed E-state index contributed by atoms with van der Waals surface area (Å²) in [6.45, 7) is 5.23. The second kappa shape index (κ2) is 7.31. The Morgan fingerprint density at radius 1 is 1.38 bits per heavy atom. The monoisotopic (exact) mass is 313 g/mol. The number of carboxylic acid groups (broad SMARTS) is 1. The lowest BCUT2D eigenvalue weighted by Gasteiger charge is -2.21. The molecule has 21 heavy (non-hydrogen) atoms. The van der Waals surface area contributed by atoms with E-state index in [2.05, 4.69) is 5.32 Å². The summed E-state index contributed by atoms with van der Waals surface area (Å²) in [6, 6.07) is 7.00. The van der Waals surface area contributed by atoms with E-state index < -0.39 is 23.6 Å². The third-order valence-electron chi connectivity index (χ3n) is 2.61. The number of carbonyl (C=O) groups excluding carboxylic acids is 1. The van der Waals surface area contributed by atoms with Crippen LogP contribution in [0.25, 0.3) is 0 Å². The SMILES string of the molecule is CC(C)(C)OC(=O)NCC(Cc1cccc(Cl)c1)C(=O)O. The van der Waals surface area contributed by atoms with Gasteiger partial charge in [0.2, 0.25) is 0 Å². The van der Waals surface area contributed by atoms with E-state index in [0.29, 0.717) is 5.02 Å². The van der Waals surface area contributed by atoms with Crippen LogP contribution in [0.2, 0.25) is 5.02 Å². The standard InChI is InChI=1S/C15H20ClNO4/c1-15(2,3)21-14(20)17-9-11(13(18)19)7-10-5-4-6-12(16)8-10/h4-6,8,11H,7,9H2,1-3H3,(H,17,20)(H,18,19). The first-order valence-corrected chi connectivity index (χ1v) is 6.99. The van der Waals surface area contributed by atoms with Gasteiger partial charge in [-0.15, -0.1) is 0 Å². The highest BCUT2D eigenvalue weighted by atomic mass is 35.5. The highest BCUT2D eigenvalue weighted by Crippen LogP contribution is 2.15. The molecule has 0 bridgehead atoms. The summed E-state index contributed by atoms with van der Waals surface area (Å²) in [5.41, 5.74) is 0.191. The quantitative estimate of drug-likeness (QED) is 0.875. The molecule has 0 aromatic heterocycles.